The lowest BCUT2D eigenvalue weighted by atomic mass is 9.73. The van der Waals surface area contributed by atoms with E-state index >= 15 is 0 Å². The lowest BCUT2D eigenvalue weighted by Crippen LogP contribution is -2.57. The van der Waals surface area contributed by atoms with Gasteiger partial charge in [0.05, 0.1) is 11.0 Å². The maximum atomic E-state index is 13.0. The van der Waals surface area contributed by atoms with Crippen LogP contribution in [0.15, 0.2) is 24.3 Å². The molecule has 1 saturated heterocycles. The zero-order valence-corrected chi connectivity index (χ0v) is 12.1. The molecule has 3 nitrogen and oxygen atoms in total. The Hall–Kier alpha value is -0.940. The fourth-order valence-corrected chi connectivity index (χ4v) is 3.48. The third-order valence-electron chi connectivity index (χ3n) is 3.97. The van der Waals surface area contributed by atoms with E-state index in [1.54, 1.807) is 26.0 Å². The first-order valence-electron chi connectivity index (χ1n) is 6.54. The van der Waals surface area contributed by atoms with Gasteiger partial charge >= 0.3 is 0 Å². The van der Waals surface area contributed by atoms with E-state index in [0.29, 0.717) is 6.42 Å². The lowest BCUT2D eigenvalue weighted by Gasteiger charge is -2.43. The summed E-state index contributed by atoms with van der Waals surface area (Å²) in [6, 6.07) is 6.40. The molecule has 1 aromatic carbocycles. The SMILES string of the molecule is CC(C)S(=O)(=O)CCC1(c2ccc(F)cc2)CNC1. The number of benzene rings is 1. The smallest absolute Gasteiger partial charge is 0.152 e. The molecule has 1 N–H and O–H groups in total. The zero-order valence-electron chi connectivity index (χ0n) is 11.3. The van der Waals surface area contributed by atoms with Gasteiger partial charge in [-0.1, -0.05) is 12.1 Å². The van der Waals surface area contributed by atoms with Crippen LogP contribution >= 0.6 is 0 Å². The predicted molar refractivity (Wildman–Crippen MR) is 74.5 cm³/mol. The predicted octanol–water partition coefficient (Wildman–Crippen LogP) is 1.88. The number of halogens is 1. The van der Waals surface area contributed by atoms with Crippen molar-refractivity contribution in [3.05, 3.63) is 35.6 Å². The second kappa shape index (κ2) is 5.21. The molecule has 1 fully saturated rings. The Balaban J connectivity index is 2.14. The van der Waals surface area contributed by atoms with Crippen LogP contribution in [0.2, 0.25) is 0 Å². The molecule has 0 aromatic heterocycles. The molecule has 0 bridgehead atoms. The molecule has 0 saturated carbocycles. The van der Waals surface area contributed by atoms with E-state index in [4.69, 9.17) is 0 Å². The number of hydrogen-bond donors (Lipinski definition) is 1. The van der Waals surface area contributed by atoms with Gasteiger partial charge in [0.2, 0.25) is 0 Å². The molecule has 0 aliphatic carbocycles. The average Bonchev–Trinajstić information content (AvgIpc) is 2.29. The summed E-state index contributed by atoms with van der Waals surface area (Å²) in [6.45, 7) is 4.93. The third-order valence-corrected chi connectivity index (χ3v) is 6.18. The van der Waals surface area contributed by atoms with Crippen LogP contribution in [0.1, 0.15) is 25.8 Å². The van der Waals surface area contributed by atoms with Crippen molar-refractivity contribution >= 4 is 9.84 Å². The molecule has 1 aromatic rings. The minimum absolute atomic E-state index is 0.157. The van der Waals surface area contributed by atoms with Crippen molar-refractivity contribution in [3.8, 4) is 0 Å². The molecular weight excluding hydrogens is 265 g/mol. The Labute approximate surface area is 114 Å². The van der Waals surface area contributed by atoms with Gasteiger partial charge in [-0.15, -0.1) is 0 Å². The second-order valence-corrected chi connectivity index (χ2v) is 8.23. The van der Waals surface area contributed by atoms with E-state index in [2.05, 4.69) is 5.32 Å². The van der Waals surface area contributed by atoms with Crippen molar-refractivity contribution in [1.29, 1.82) is 0 Å². The zero-order chi connectivity index (χ0) is 14.1. The maximum absolute atomic E-state index is 13.0. The number of hydrogen-bond acceptors (Lipinski definition) is 3. The molecule has 5 heteroatoms. The molecule has 2 rings (SSSR count). The molecule has 1 aliphatic heterocycles. The highest BCUT2D eigenvalue weighted by Crippen LogP contribution is 2.33. The first-order valence-corrected chi connectivity index (χ1v) is 8.26. The largest absolute Gasteiger partial charge is 0.315 e. The Kier molecular flexibility index (Phi) is 3.97. The fourth-order valence-electron chi connectivity index (χ4n) is 2.33. The molecule has 0 atom stereocenters. The monoisotopic (exact) mass is 285 g/mol. The van der Waals surface area contributed by atoms with E-state index in [-0.39, 0.29) is 22.2 Å². The first-order chi connectivity index (χ1) is 8.86. The van der Waals surface area contributed by atoms with Crippen LogP contribution in [-0.2, 0) is 15.3 Å². The van der Waals surface area contributed by atoms with Gasteiger partial charge in [0.1, 0.15) is 5.82 Å². The molecule has 0 unspecified atom stereocenters. The fraction of sp³-hybridized carbons (Fsp3) is 0.571. The van der Waals surface area contributed by atoms with Crippen LogP contribution in [0.4, 0.5) is 4.39 Å². The summed E-state index contributed by atoms with van der Waals surface area (Å²) in [5.74, 6) is -0.0787. The van der Waals surface area contributed by atoms with E-state index in [9.17, 15) is 12.8 Å². The number of rotatable bonds is 5. The van der Waals surface area contributed by atoms with Crippen molar-refractivity contribution in [3.63, 3.8) is 0 Å². The summed E-state index contributed by atoms with van der Waals surface area (Å²) < 4.78 is 36.8. The molecule has 0 spiro atoms. The standard InChI is InChI=1S/C14H20FNO2S/c1-11(2)19(17,18)8-7-14(9-16-10-14)12-3-5-13(15)6-4-12/h3-6,11,16H,7-10H2,1-2H3. The second-order valence-electron chi connectivity index (χ2n) is 5.56. The summed E-state index contributed by atoms with van der Waals surface area (Å²) in [4.78, 5) is 0. The molecule has 0 radical (unpaired) electrons. The molecule has 1 aliphatic rings. The molecule has 0 amide bonds. The minimum Gasteiger partial charge on any atom is -0.315 e. The van der Waals surface area contributed by atoms with Crippen molar-refractivity contribution in [2.45, 2.75) is 30.9 Å². The van der Waals surface area contributed by atoms with Gasteiger partial charge in [-0.3, -0.25) is 0 Å². The van der Waals surface area contributed by atoms with Crippen LogP contribution in [-0.4, -0.2) is 32.5 Å². The van der Waals surface area contributed by atoms with Crippen LogP contribution in [0.5, 0.6) is 0 Å². The van der Waals surface area contributed by atoms with E-state index in [0.717, 1.165) is 18.7 Å². The van der Waals surface area contributed by atoms with Crippen molar-refractivity contribution in [2.24, 2.45) is 0 Å². The highest BCUT2D eigenvalue weighted by molar-refractivity contribution is 7.91. The highest BCUT2D eigenvalue weighted by atomic mass is 32.2. The first kappa shape index (κ1) is 14.5. The molecule has 106 valence electrons. The van der Waals surface area contributed by atoms with Crippen LogP contribution < -0.4 is 5.32 Å². The topological polar surface area (TPSA) is 46.2 Å². The minimum atomic E-state index is -3.03. The van der Waals surface area contributed by atoms with Crippen LogP contribution in [0.3, 0.4) is 0 Å². The third kappa shape index (κ3) is 2.98. The van der Waals surface area contributed by atoms with Gasteiger partial charge in [0.15, 0.2) is 9.84 Å². The Morgan fingerprint density at radius 3 is 2.26 bits per heavy atom. The van der Waals surface area contributed by atoms with E-state index < -0.39 is 9.84 Å². The lowest BCUT2D eigenvalue weighted by molar-refractivity contribution is 0.268. The summed E-state index contributed by atoms with van der Waals surface area (Å²) >= 11 is 0. The van der Waals surface area contributed by atoms with Crippen LogP contribution in [0.25, 0.3) is 0 Å². The Morgan fingerprint density at radius 1 is 1.26 bits per heavy atom. The quantitative estimate of drug-likeness (QED) is 0.898. The maximum Gasteiger partial charge on any atom is 0.152 e. The summed E-state index contributed by atoms with van der Waals surface area (Å²) in [7, 11) is -3.03. The number of nitrogens with one attached hydrogen (secondary N) is 1. The molecular formula is C14H20FNO2S. The number of sulfone groups is 1. The van der Waals surface area contributed by atoms with Gasteiger partial charge in [-0.2, -0.15) is 0 Å². The Bertz CT molecular complexity index is 533. The molecule has 19 heavy (non-hydrogen) atoms. The molecule has 1 heterocycles. The highest BCUT2D eigenvalue weighted by Gasteiger charge is 2.39. The summed E-state index contributed by atoms with van der Waals surface area (Å²) in [6.07, 6.45) is 0.589. The van der Waals surface area contributed by atoms with Gasteiger partial charge in [-0.05, 0) is 38.0 Å². The van der Waals surface area contributed by atoms with Crippen molar-refractivity contribution in [2.75, 3.05) is 18.8 Å². The van der Waals surface area contributed by atoms with Crippen molar-refractivity contribution < 1.29 is 12.8 Å². The van der Waals surface area contributed by atoms with Crippen LogP contribution in [0, 0.1) is 5.82 Å². The van der Waals surface area contributed by atoms with Gasteiger partial charge in [-0.25, -0.2) is 12.8 Å². The van der Waals surface area contributed by atoms with Gasteiger partial charge < -0.3 is 5.32 Å². The summed E-state index contributed by atoms with van der Waals surface area (Å²) in [5, 5.41) is 2.85. The van der Waals surface area contributed by atoms with Gasteiger partial charge in [0.25, 0.3) is 0 Å². The Morgan fingerprint density at radius 2 is 1.84 bits per heavy atom. The van der Waals surface area contributed by atoms with E-state index in [1.807, 2.05) is 0 Å². The van der Waals surface area contributed by atoms with Crippen molar-refractivity contribution in [1.82, 2.24) is 5.32 Å². The normalized spacial score (nSPS) is 18.3. The van der Waals surface area contributed by atoms with E-state index in [1.165, 1.54) is 12.1 Å². The van der Waals surface area contributed by atoms with Gasteiger partial charge in [0, 0.05) is 18.5 Å². The summed E-state index contributed by atoms with van der Waals surface area (Å²) in [5.41, 5.74) is 0.863. The average molecular weight is 285 g/mol.